The molecule has 5 nitrogen and oxygen atoms in total. The van der Waals surface area contributed by atoms with Gasteiger partial charge in [-0.25, -0.2) is 0 Å². The number of rotatable bonds is 7. The van der Waals surface area contributed by atoms with Crippen LogP contribution in [0.15, 0.2) is 48.8 Å². The van der Waals surface area contributed by atoms with E-state index in [-0.39, 0.29) is 17.7 Å². The lowest BCUT2D eigenvalue weighted by Gasteiger charge is -2.07. The first-order valence-corrected chi connectivity index (χ1v) is 8.75. The highest BCUT2D eigenvalue weighted by Gasteiger charge is 2.41. The van der Waals surface area contributed by atoms with Crippen molar-refractivity contribution in [1.82, 2.24) is 10.3 Å². The second-order valence-corrected chi connectivity index (χ2v) is 6.50. The summed E-state index contributed by atoms with van der Waals surface area (Å²) in [5.74, 6) is 0.759. The van der Waals surface area contributed by atoms with Gasteiger partial charge in [0.25, 0.3) is 5.91 Å². The summed E-state index contributed by atoms with van der Waals surface area (Å²) < 4.78 is 0. The maximum Gasteiger partial charge on any atom is 0.255 e. The fraction of sp³-hybridized carbons (Fsp3) is 0.350. The highest BCUT2D eigenvalue weighted by atomic mass is 16.2. The number of carbonyl (C=O) groups excluding carboxylic acids is 2. The van der Waals surface area contributed by atoms with E-state index in [9.17, 15) is 9.59 Å². The minimum absolute atomic E-state index is 0.151. The molecule has 25 heavy (non-hydrogen) atoms. The van der Waals surface area contributed by atoms with Crippen LogP contribution in [0.2, 0.25) is 0 Å². The molecule has 1 fully saturated rings. The molecular formula is C20H23N3O2. The van der Waals surface area contributed by atoms with Crippen molar-refractivity contribution in [2.45, 2.75) is 32.7 Å². The molecule has 2 atom stereocenters. The van der Waals surface area contributed by atoms with Crippen molar-refractivity contribution in [3.63, 3.8) is 0 Å². The van der Waals surface area contributed by atoms with Crippen LogP contribution in [-0.4, -0.2) is 16.8 Å². The van der Waals surface area contributed by atoms with Gasteiger partial charge in [0.1, 0.15) is 0 Å². The standard InChI is InChI=1S/C20H23N3O2/c1-2-3-16-12-18(16)20(25)22-13-14-4-6-15(7-5-14)19(24)23-17-8-10-21-11-9-17/h4-11,16,18H,2-3,12-13H2,1H3,(H,22,25)(H,21,23,24)/t16-,18-/m1/s1. The first-order chi connectivity index (χ1) is 12.2. The molecule has 2 aromatic rings. The fourth-order valence-corrected chi connectivity index (χ4v) is 2.99. The van der Waals surface area contributed by atoms with Gasteiger partial charge in [0, 0.05) is 36.1 Å². The summed E-state index contributed by atoms with van der Waals surface area (Å²) >= 11 is 0. The summed E-state index contributed by atoms with van der Waals surface area (Å²) in [7, 11) is 0. The molecule has 1 heterocycles. The van der Waals surface area contributed by atoms with Gasteiger partial charge in [-0.15, -0.1) is 0 Å². The van der Waals surface area contributed by atoms with E-state index in [1.165, 1.54) is 0 Å². The Morgan fingerprint density at radius 1 is 1.12 bits per heavy atom. The average molecular weight is 337 g/mol. The molecule has 1 aliphatic rings. The number of benzene rings is 1. The van der Waals surface area contributed by atoms with Crippen LogP contribution in [0.4, 0.5) is 5.69 Å². The van der Waals surface area contributed by atoms with Crippen molar-refractivity contribution in [3.05, 3.63) is 59.9 Å². The molecule has 0 unspecified atom stereocenters. The smallest absolute Gasteiger partial charge is 0.255 e. The number of amides is 2. The van der Waals surface area contributed by atoms with Crippen LogP contribution in [0.3, 0.4) is 0 Å². The number of carbonyl (C=O) groups is 2. The number of hydrogen-bond donors (Lipinski definition) is 2. The lowest BCUT2D eigenvalue weighted by Crippen LogP contribution is -2.25. The SMILES string of the molecule is CCC[C@@H]1C[C@H]1C(=O)NCc1ccc(C(=O)Nc2ccncc2)cc1. The van der Waals surface area contributed by atoms with Gasteiger partial charge in [-0.05, 0) is 48.6 Å². The van der Waals surface area contributed by atoms with Gasteiger partial charge in [0.05, 0.1) is 0 Å². The second-order valence-electron chi connectivity index (χ2n) is 6.50. The van der Waals surface area contributed by atoms with Crippen LogP contribution in [0, 0.1) is 11.8 Å². The summed E-state index contributed by atoms with van der Waals surface area (Å²) in [5, 5.41) is 5.81. The predicted octanol–water partition coefficient (Wildman–Crippen LogP) is 3.39. The number of pyridine rings is 1. The van der Waals surface area contributed by atoms with Gasteiger partial charge in [-0.2, -0.15) is 0 Å². The third-order valence-electron chi connectivity index (χ3n) is 4.54. The van der Waals surface area contributed by atoms with E-state index < -0.39 is 0 Å². The normalized spacial score (nSPS) is 18.4. The summed E-state index contributed by atoms with van der Waals surface area (Å²) in [4.78, 5) is 28.2. The van der Waals surface area contributed by atoms with Crippen molar-refractivity contribution in [2.24, 2.45) is 11.8 Å². The van der Waals surface area contributed by atoms with E-state index in [1.54, 1.807) is 36.7 Å². The third kappa shape index (κ3) is 4.66. The zero-order valence-electron chi connectivity index (χ0n) is 14.4. The van der Waals surface area contributed by atoms with Crippen molar-refractivity contribution >= 4 is 17.5 Å². The molecule has 0 bridgehead atoms. The third-order valence-corrected chi connectivity index (χ3v) is 4.54. The second kappa shape index (κ2) is 7.92. The molecule has 5 heteroatoms. The van der Waals surface area contributed by atoms with Crippen molar-refractivity contribution in [2.75, 3.05) is 5.32 Å². The van der Waals surface area contributed by atoms with Gasteiger partial charge in [0.15, 0.2) is 0 Å². The van der Waals surface area contributed by atoms with Crippen LogP contribution in [-0.2, 0) is 11.3 Å². The van der Waals surface area contributed by atoms with Crippen LogP contribution < -0.4 is 10.6 Å². The highest BCUT2D eigenvalue weighted by Crippen LogP contribution is 2.42. The van der Waals surface area contributed by atoms with Gasteiger partial charge >= 0.3 is 0 Å². The monoisotopic (exact) mass is 337 g/mol. The van der Waals surface area contributed by atoms with Crippen LogP contribution in [0.1, 0.15) is 42.1 Å². The largest absolute Gasteiger partial charge is 0.352 e. The molecule has 1 saturated carbocycles. The zero-order valence-corrected chi connectivity index (χ0v) is 14.4. The molecule has 2 N–H and O–H groups in total. The lowest BCUT2D eigenvalue weighted by molar-refractivity contribution is -0.122. The van der Waals surface area contributed by atoms with E-state index >= 15 is 0 Å². The molecular weight excluding hydrogens is 314 g/mol. The Morgan fingerprint density at radius 2 is 1.84 bits per heavy atom. The number of hydrogen-bond acceptors (Lipinski definition) is 3. The Bertz CT molecular complexity index is 728. The van der Waals surface area contributed by atoms with E-state index in [0.29, 0.717) is 23.7 Å². The first kappa shape index (κ1) is 17.1. The van der Waals surface area contributed by atoms with Crippen molar-refractivity contribution in [3.8, 4) is 0 Å². The van der Waals surface area contributed by atoms with Gasteiger partial charge < -0.3 is 10.6 Å². The predicted molar refractivity (Wildman–Crippen MR) is 97.0 cm³/mol. The quantitative estimate of drug-likeness (QED) is 0.813. The summed E-state index contributed by atoms with van der Waals surface area (Å²) in [5.41, 5.74) is 2.28. The molecule has 1 aliphatic carbocycles. The Hall–Kier alpha value is -2.69. The minimum Gasteiger partial charge on any atom is -0.352 e. The summed E-state index contributed by atoms with van der Waals surface area (Å²) in [6.45, 7) is 2.65. The Labute approximate surface area is 147 Å². The molecule has 130 valence electrons. The average Bonchev–Trinajstić information content (AvgIpc) is 3.41. The Morgan fingerprint density at radius 3 is 2.52 bits per heavy atom. The Kier molecular flexibility index (Phi) is 5.43. The summed E-state index contributed by atoms with van der Waals surface area (Å²) in [6.07, 6.45) is 6.56. The van der Waals surface area contributed by atoms with Gasteiger partial charge in [-0.1, -0.05) is 25.5 Å². The van der Waals surface area contributed by atoms with E-state index in [1.807, 2.05) is 12.1 Å². The molecule has 0 aliphatic heterocycles. The first-order valence-electron chi connectivity index (χ1n) is 8.75. The van der Waals surface area contributed by atoms with Crippen molar-refractivity contribution < 1.29 is 9.59 Å². The number of nitrogens with one attached hydrogen (secondary N) is 2. The summed E-state index contributed by atoms with van der Waals surface area (Å²) in [6, 6.07) is 10.8. The maximum absolute atomic E-state index is 12.2. The zero-order chi connectivity index (χ0) is 17.6. The number of anilines is 1. The van der Waals surface area contributed by atoms with Gasteiger partial charge in [0.2, 0.25) is 5.91 Å². The van der Waals surface area contributed by atoms with Crippen LogP contribution >= 0.6 is 0 Å². The topological polar surface area (TPSA) is 71.1 Å². The van der Waals surface area contributed by atoms with E-state index in [4.69, 9.17) is 0 Å². The van der Waals surface area contributed by atoms with Gasteiger partial charge in [-0.3, -0.25) is 14.6 Å². The molecule has 1 aromatic heterocycles. The molecule has 0 saturated heterocycles. The Balaban J connectivity index is 1.49. The minimum atomic E-state index is -0.165. The lowest BCUT2D eigenvalue weighted by atomic mass is 10.1. The number of aromatic nitrogens is 1. The fourth-order valence-electron chi connectivity index (χ4n) is 2.99. The molecule has 1 aromatic carbocycles. The van der Waals surface area contributed by atoms with E-state index in [0.717, 1.165) is 24.8 Å². The molecule has 2 amide bonds. The molecule has 3 rings (SSSR count). The number of nitrogens with zero attached hydrogens (tertiary/aromatic N) is 1. The van der Waals surface area contributed by atoms with Crippen molar-refractivity contribution in [1.29, 1.82) is 0 Å². The van der Waals surface area contributed by atoms with Crippen LogP contribution in [0.25, 0.3) is 0 Å². The van der Waals surface area contributed by atoms with E-state index in [2.05, 4.69) is 22.5 Å². The molecule has 0 spiro atoms. The van der Waals surface area contributed by atoms with Crippen LogP contribution in [0.5, 0.6) is 0 Å². The molecule has 0 radical (unpaired) electrons. The highest BCUT2D eigenvalue weighted by molar-refractivity contribution is 6.04. The maximum atomic E-state index is 12.2.